The zero-order valence-corrected chi connectivity index (χ0v) is 12.9. The third-order valence-corrected chi connectivity index (χ3v) is 3.86. The lowest BCUT2D eigenvalue weighted by atomic mass is 10.1. The van der Waals surface area contributed by atoms with Crippen LogP contribution in [-0.2, 0) is 6.54 Å². The van der Waals surface area contributed by atoms with Crippen molar-refractivity contribution in [3.63, 3.8) is 0 Å². The number of rotatable bonds is 3. The number of aliphatic hydroxyl groups is 1. The number of aryl methyl sites for hydroxylation is 2. The van der Waals surface area contributed by atoms with Crippen LogP contribution in [0.1, 0.15) is 31.2 Å². The van der Waals surface area contributed by atoms with Crippen molar-refractivity contribution in [2.45, 2.75) is 20.4 Å². The van der Waals surface area contributed by atoms with Crippen LogP contribution >= 0.6 is 11.3 Å². The lowest BCUT2D eigenvalue weighted by molar-refractivity contribution is 0.0951. The summed E-state index contributed by atoms with van der Waals surface area (Å²) >= 11 is 1.52. The van der Waals surface area contributed by atoms with Gasteiger partial charge in [-0.3, -0.25) is 4.79 Å². The fourth-order valence-electron chi connectivity index (χ4n) is 2.04. The summed E-state index contributed by atoms with van der Waals surface area (Å²) in [4.78, 5) is 14.1. The summed E-state index contributed by atoms with van der Waals surface area (Å²) in [7, 11) is 0. The molecule has 0 aliphatic carbocycles. The molecule has 0 radical (unpaired) electrons. The lowest BCUT2D eigenvalue weighted by Crippen LogP contribution is -2.22. The highest BCUT2D eigenvalue weighted by atomic mass is 32.1. The molecule has 21 heavy (non-hydrogen) atoms. The molecule has 4 heteroatoms. The third kappa shape index (κ3) is 4.45. The average Bonchev–Trinajstić information content (AvgIpc) is 2.89. The summed E-state index contributed by atoms with van der Waals surface area (Å²) in [6, 6.07) is 9.64. The maximum atomic E-state index is 12.1. The zero-order valence-electron chi connectivity index (χ0n) is 12.1. The van der Waals surface area contributed by atoms with Crippen molar-refractivity contribution in [2.75, 3.05) is 6.61 Å². The molecular weight excluding hydrogens is 282 g/mol. The van der Waals surface area contributed by atoms with Crippen LogP contribution in [0.25, 0.3) is 0 Å². The summed E-state index contributed by atoms with van der Waals surface area (Å²) in [5, 5.41) is 11.6. The van der Waals surface area contributed by atoms with Crippen molar-refractivity contribution in [2.24, 2.45) is 0 Å². The minimum Gasteiger partial charge on any atom is -0.384 e. The molecule has 2 N–H and O–H groups in total. The van der Waals surface area contributed by atoms with E-state index in [1.807, 2.05) is 44.2 Å². The zero-order chi connectivity index (χ0) is 15.2. The van der Waals surface area contributed by atoms with Crippen molar-refractivity contribution < 1.29 is 9.90 Å². The van der Waals surface area contributed by atoms with E-state index in [1.54, 1.807) is 0 Å². The molecule has 0 saturated carbocycles. The summed E-state index contributed by atoms with van der Waals surface area (Å²) < 4.78 is 0. The van der Waals surface area contributed by atoms with Crippen LogP contribution in [0.2, 0.25) is 0 Å². The molecule has 0 fully saturated rings. The topological polar surface area (TPSA) is 49.3 Å². The van der Waals surface area contributed by atoms with Gasteiger partial charge < -0.3 is 10.4 Å². The van der Waals surface area contributed by atoms with Gasteiger partial charge >= 0.3 is 0 Å². The largest absolute Gasteiger partial charge is 0.384 e. The van der Waals surface area contributed by atoms with Crippen LogP contribution in [0.4, 0.5) is 0 Å². The summed E-state index contributed by atoms with van der Waals surface area (Å²) in [6.07, 6.45) is 0. The Morgan fingerprint density at radius 1 is 1.24 bits per heavy atom. The molecule has 0 unspecified atom stereocenters. The Labute approximate surface area is 128 Å². The van der Waals surface area contributed by atoms with E-state index in [9.17, 15) is 4.79 Å². The third-order valence-electron chi connectivity index (χ3n) is 2.86. The number of benzene rings is 1. The van der Waals surface area contributed by atoms with E-state index in [-0.39, 0.29) is 12.5 Å². The molecule has 0 bridgehead atoms. The Bertz CT molecular complexity index is 687. The molecule has 0 saturated heterocycles. The van der Waals surface area contributed by atoms with Gasteiger partial charge in [0.15, 0.2) is 0 Å². The molecule has 0 atom stereocenters. The first kappa shape index (κ1) is 15.3. The number of amides is 1. The fourth-order valence-corrected chi connectivity index (χ4v) is 2.86. The minimum atomic E-state index is -0.142. The molecule has 108 valence electrons. The summed E-state index contributed by atoms with van der Waals surface area (Å²) in [5.74, 6) is 5.39. The minimum absolute atomic E-state index is 0.0711. The Kier molecular flexibility index (Phi) is 5.15. The summed E-state index contributed by atoms with van der Waals surface area (Å²) in [6.45, 7) is 4.30. The molecular formula is C17H17NO2S. The van der Waals surface area contributed by atoms with Gasteiger partial charge in [-0.1, -0.05) is 29.0 Å². The standard InChI is InChI=1S/C17H17NO2S/c1-12-8-13(2)10-14(9-12)17(20)18-11-16-6-5-15(21-16)4-3-7-19/h5-6,8-10,19H,7,11H2,1-2H3,(H,18,20). The summed E-state index contributed by atoms with van der Waals surface area (Å²) in [5.41, 5.74) is 2.85. The van der Waals surface area contributed by atoms with Crippen molar-refractivity contribution in [1.82, 2.24) is 5.32 Å². The van der Waals surface area contributed by atoms with Crippen LogP contribution in [0.3, 0.4) is 0 Å². The molecule has 0 aliphatic rings. The lowest BCUT2D eigenvalue weighted by Gasteiger charge is -2.06. The highest BCUT2D eigenvalue weighted by Crippen LogP contribution is 2.15. The maximum Gasteiger partial charge on any atom is 0.251 e. The Balaban J connectivity index is 1.99. The van der Waals surface area contributed by atoms with E-state index in [2.05, 4.69) is 17.2 Å². The highest BCUT2D eigenvalue weighted by molar-refractivity contribution is 7.12. The van der Waals surface area contributed by atoms with Crippen LogP contribution in [0.15, 0.2) is 30.3 Å². The van der Waals surface area contributed by atoms with Gasteiger partial charge in [0.1, 0.15) is 6.61 Å². The monoisotopic (exact) mass is 299 g/mol. The highest BCUT2D eigenvalue weighted by Gasteiger charge is 2.07. The second kappa shape index (κ2) is 7.07. The second-order valence-corrected chi connectivity index (χ2v) is 5.95. The smallest absolute Gasteiger partial charge is 0.251 e. The van der Waals surface area contributed by atoms with Crippen molar-refractivity contribution in [1.29, 1.82) is 0 Å². The number of carbonyl (C=O) groups excluding carboxylic acids is 1. The quantitative estimate of drug-likeness (QED) is 0.856. The van der Waals surface area contributed by atoms with Gasteiger partial charge in [-0.15, -0.1) is 11.3 Å². The number of hydrogen-bond donors (Lipinski definition) is 2. The molecule has 1 aromatic carbocycles. The van der Waals surface area contributed by atoms with E-state index in [1.165, 1.54) is 11.3 Å². The number of aliphatic hydroxyl groups excluding tert-OH is 1. The second-order valence-electron chi connectivity index (χ2n) is 4.78. The van der Waals surface area contributed by atoms with Gasteiger partial charge in [0.25, 0.3) is 5.91 Å². The predicted molar refractivity (Wildman–Crippen MR) is 85.4 cm³/mol. The molecule has 2 aromatic rings. The molecule has 1 heterocycles. The molecule has 0 spiro atoms. The Morgan fingerprint density at radius 2 is 1.95 bits per heavy atom. The molecule has 3 nitrogen and oxygen atoms in total. The van der Waals surface area contributed by atoms with Gasteiger partial charge in [0, 0.05) is 10.4 Å². The maximum absolute atomic E-state index is 12.1. The van der Waals surface area contributed by atoms with Crippen molar-refractivity contribution in [3.8, 4) is 11.8 Å². The normalized spacial score (nSPS) is 9.86. The van der Waals surface area contributed by atoms with Gasteiger partial charge in [0.2, 0.25) is 0 Å². The van der Waals surface area contributed by atoms with Gasteiger partial charge in [-0.25, -0.2) is 0 Å². The van der Waals surface area contributed by atoms with Crippen LogP contribution in [0, 0.1) is 25.7 Å². The van der Waals surface area contributed by atoms with Crippen LogP contribution in [-0.4, -0.2) is 17.6 Å². The van der Waals surface area contributed by atoms with Gasteiger partial charge in [-0.2, -0.15) is 0 Å². The van der Waals surface area contributed by atoms with Crippen molar-refractivity contribution >= 4 is 17.2 Å². The van der Waals surface area contributed by atoms with Crippen LogP contribution < -0.4 is 5.32 Å². The van der Waals surface area contributed by atoms with E-state index in [0.29, 0.717) is 12.1 Å². The molecule has 1 aromatic heterocycles. The van der Waals surface area contributed by atoms with Crippen molar-refractivity contribution in [3.05, 3.63) is 56.8 Å². The van der Waals surface area contributed by atoms with E-state index >= 15 is 0 Å². The van der Waals surface area contributed by atoms with Gasteiger partial charge in [0.05, 0.1) is 11.4 Å². The Morgan fingerprint density at radius 3 is 2.62 bits per heavy atom. The number of hydrogen-bond acceptors (Lipinski definition) is 3. The average molecular weight is 299 g/mol. The van der Waals surface area contributed by atoms with E-state index in [0.717, 1.165) is 20.9 Å². The number of nitrogens with one attached hydrogen (secondary N) is 1. The van der Waals surface area contributed by atoms with E-state index in [4.69, 9.17) is 5.11 Å². The number of thiophene rings is 1. The first-order valence-electron chi connectivity index (χ1n) is 6.63. The molecule has 2 rings (SSSR count). The molecule has 1 amide bonds. The Hall–Kier alpha value is -2.09. The SMILES string of the molecule is Cc1cc(C)cc(C(=O)NCc2ccc(C#CCO)s2)c1. The molecule has 0 aliphatic heterocycles. The fraction of sp³-hybridized carbons (Fsp3) is 0.235. The van der Waals surface area contributed by atoms with E-state index < -0.39 is 0 Å². The first-order chi connectivity index (χ1) is 10.1. The van der Waals surface area contributed by atoms with Gasteiger partial charge in [-0.05, 0) is 38.1 Å². The number of carbonyl (C=O) groups is 1. The van der Waals surface area contributed by atoms with Crippen LogP contribution in [0.5, 0.6) is 0 Å². The first-order valence-corrected chi connectivity index (χ1v) is 7.45. The predicted octanol–water partition coefficient (Wildman–Crippen LogP) is 2.64.